The van der Waals surface area contributed by atoms with Crippen molar-refractivity contribution in [2.24, 2.45) is 0 Å². The lowest BCUT2D eigenvalue weighted by atomic mass is 10.1. The van der Waals surface area contributed by atoms with Gasteiger partial charge in [0.25, 0.3) is 5.22 Å². The number of ether oxygens (including phenoxy) is 2. The van der Waals surface area contributed by atoms with Crippen LogP contribution in [0.4, 0.5) is 0 Å². The largest absolute Gasteiger partial charge is 0.493 e. The smallest absolute Gasteiger partial charge is 0.277 e. The molecule has 8 heteroatoms. The van der Waals surface area contributed by atoms with Gasteiger partial charge in [0.15, 0.2) is 11.5 Å². The Kier molecular flexibility index (Phi) is 7.52. The lowest BCUT2D eigenvalue weighted by Crippen LogP contribution is -2.26. The molecule has 152 valence electrons. The Hall–Kier alpha value is -3.00. The fraction of sp³-hybridized carbons (Fsp3) is 0.286. The van der Waals surface area contributed by atoms with E-state index >= 15 is 0 Å². The summed E-state index contributed by atoms with van der Waals surface area (Å²) in [6.45, 7) is 0.634. The van der Waals surface area contributed by atoms with E-state index in [2.05, 4.69) is 27.6 Å². The number of carbonyl (C=O) groups is 1. The van der Waals surface area contributed by atoms with Crippen LogP contribution in [-0.2, 0) is 11.2 Å². The summed E-state index contributed by atoms with van der Waals surface area (Å²) < 4.78 is 16.1. The fourth-order valence-corrected chi connectivity index (χ4v) is 3.29. The van der Waals surface area contributed by atoms with Crippen LogP contribution in [0.15, 0.2) is 58.2 Å². The standard InChI is InChI=1S/C21H23N3O4S/c1-26-17-11-10-16(13-18(17)27-2)20-23-24-21(28-20)29-14-19(25)22-12-6-9-15-7-4-3-5-8-15/h3-5,7-8,10-11,13H,6,9,12,14H2,1-2H3,(H,22,25). The average Bonchev–Trinajstić information content (AvgIpc) is 3.24. The molecule has 0 atom stereocenters. The van der Waals surface area contributed by atoms with E-state index in [1.54, 1.807) is 26.4 Å². The Balaban J connectivity index is 1.44. The van der Waals surface area contributed by atoms with Crippen LogP contribution < -0.4 is 14.8 Å². The molecule has 0 unspecified atom stereocenters. The zero-order valence-corrected chi connectivity index (χ0v) is 17.2. The molecule has 0 fully saturated rings. The monoisotopic (exact) mass is 413 g/mol. The highest BCUT2D eigenvalue weighted by atomic mass is 32.2. The van der Waals surface area contributed by atoms with Crippen LogP contribution in [0.5, 0.6) is 11.5 Å². The molecule has 0 aliphatic rings. The minimum atomic E-state index is -0.0612. The molecule has 1 aromatic heterocycles. The first-order valence-electron chi connectivity index (χ1n) is 9.19. The van der Waals surface area contributed by atoms with E-state index in [0.717, 1.165) is 12.8 Å². The average molecular weight is 413 g/mol. The van der Waals surface area contributed by atoms with Crippen molar-refractivity contribution in [3.63, 3.8) is 0 Å². The van der Waals surface area contributed by atoms with Gasteiger partial charge in [0.2, 0.25) is 11.8 Å². The van der Waals surface area contributed by atoms with Crippen LogP contribution in [0.25, 0.3) is 11.5 Å². The third-order valence-electron chi connectivity index (χ3n) is 4.17. The number of aryl methyl sites for hydroxylation is 1. The molecular weight excluding hydrogens is 390 g/mol. The van der Waals surface area contributed by atoms with Crippen LogP contribution in [0, 0.1) is 0 Å². The first kappa shape index (κ1) is 20.7. The summed E-state index contributed by atoms with van der Waals surface area (Å²) in [5, 5.41) is 11.3. The summed E-state index contributed by atoms with van der Waals surface area (Å²) in [6, 6.07) is 15.6. The van der Waals surface area contributed by atoms with Gasteiger partial charge in [-0.15, -0.1) is 10.2 Å². The van der Waals surface area contributed by atoms with Crippen molar-refractivity contribution in [1.82, 2.24) is 15.5 Å². The summed E-state index contributed by atoms with van der Waals surface area (Å²) in [7, 11) is 3.14. The summed E-state index contributed by atoms with van der Waals surface area (Å²) in [5.74, 6) is 1.71. The van der Waals surface area contributed by atoms with Crippen molar-refractivity contribution < 1.29 is 18.7 Å². The molecule has 0 aliphatic carbocycles. The maximum absolute atomic E-state index is 12.0. The number of thioether (sulfide) groups is 1. The molecule has 1 heterocycles. The van der Waals surface area contributed by atoms with Crippen LogP contribution in [0.2, 0.25) is 0 Å². The maximum atomic E-state index is 12.0. The Bertz CT molecular complexity index is 931. The van der Waals surface area contributed by atoms with Crippen LogP contribution in [0.1, 0.15) is 12.0 Å². The third kappa shape index (κ3) is 5.99. The van der Waals surface area contributed by atoms with Gasteiger partial charge >= 0.3 is 0 Å². The van der Waals surface area contributed by atoms with Crippen molar-refractivity contribution in [2.75, 3.05) is 26.5 Å². The first-order valence-corrected chi connectivity index (χ1v) is 10.2. The van der Waals surface area contributed by atoms with Crippen LogP contribution in [-0.4, -0.2) is 42.6 Å². The highest BCUT2D eigenvalue weighted by Gasteiger charge is 2.13. The SMILES string of the molecule is COc1ccc(-c2nnc(SCC(=O)NCCCc3ccccc3)o2)cc1OC. The number of nitrogens with zero attached hydrogens (tertiary/aromatic N) is 2. The van der Waals surface area contributed by atoms with Gasteiger partial charge in [-0.1, -0.05) is 42.1 Å². The van der Waals surface area contributed by atoms with Gasteiger partial charge < -0.3 is 19.2 Å². The zero-order valence-electron chi connectivity index (χ0n) is 16.4. The van der Waals surface area contributed by atoms with Gasteiger partial charge in [-0.2, -0.15) is 0 Å². The Labute approximate surface area is 173 Å². The van der Waals surface area contributed by atoms with Gasteiger partial charge in [0.1, 0.15) is 0 Å². The number of aromatic nitrogens is 2. The number of hydrogen-bond acceptors (Lipinski definition) is 7. The molecule has 29 heavy (non-hydrogen) atoms. The van der Waals surface area contributed by atoms with E-state index in [1.807, 2.05) is 24.3 Å². The summed E-state index contributed by atoms with van der Waals surface area (Å²) in [5.41, 5.74) is 1.98. The number of methoxy groups -OCH3 is 2. The van der Waals surface area contributed by atoms with E-state index in [1.165, 1.54) is 17.3 Å². The first-order chi connectivity index (χ1) is 14.2. The lowest BCUT2D eigenvalue weighted by molar-refractivity contribution is -0.118. The van der Waals surface area contributed by atoms with Crippen molar-refractivity contribution in [1.29, 1.82) is 0 Å². The minimum absolute atomic E-state index is 0.0612. The maximum Gasteiger partial charge on any atom is 0.277 e. The van der Waals surface area contributed by atoms with E-state index in [0.29, 0.717) is 34.7 Å². The molecular formula is C21H23N3O4S. The summed E-state index contributed by atoms with van der Waals surface area (Å²) in [4.78, 5) is 12.0. The molecule has 1 N–H and O–H groups in total. The van der Waals surface area contributed by atoms with Crippen LogP contribution >= 0.6 is 11.8 Å². The third-order valence-corrected chi connectivity index (χ3v) is 4.99. The second-order valence-corrected chi connectivity index (χ2v) is 7.10. The van der Waals surface area contributed by atoms with Crippen molar-refractivity contribution in [3.8, 4) is 23.0 Å². The lowest BCUT2D eigenvalue weighted by Gasteiger charge is -2.07. The van der Waals surface area contributed by atoms with Crippen LogP contribution in [0.3, 0.4) is 0 Å². The quantitative estimate of drug-likeness (QED) is 0.401. The molecule has 0 aliphatic heterocycles. The number of amides is 1. The summed E-state index contributed by atoms with van der Waals surface area (Å²) in [6.07, 6.45) is 1.83. The summed E-state index contributed by atoms with van der Waals surface area (Å²) >= 11 is 1.21. The normalized spacial score (nSPS) is 10.6. The second-order valence-electron chi connectivity index (χ2n) is 6.17. The predicted molar refractivity (Wildman–Crippen MR) is 111 cm³/mol. The number of carbonyl (C=O) groups excluding carboxylic acids is 1. The van der Waals surface area contributed by atoms with Crippen molar-refractivity contribution >= 4 is 17.7 Å². The zero-order chi connectivity index (χ0) is 20.5. The number of nitrogens with one attached hydrogen (secondary N) is 1. The van der Waals surface area contributed by atoms with Crippen molar-refractivity contribution in [3.05, 3.63) is 54.1 Å². The van der Waals surface area contributed by atoms with Gasteiger partial charge in [-0.25, -0.2) is 0 Å². The van der Waals surface area contributed by atoms with E-state index < -0.39 is 0 Å². The Morgan fingerprint density at radius 3 is 2.62 bits per heavy atom. The van der Waals surface area contributed by atoms with Crippen molar-refractivity contribution in [2.45, 2.75) is 18.1 Å². The molecule has 0 spiro atoms. The van der Waals surface area contributed by atoms with Gasteiger partial charge in [-0.05, 0) is 36.6 Å². The van der Waals surface area contributed by atoms with E-state index in [4.69, 9.17) is 13.9 Å². The van der Waals surface area contributed by atoms with Gasteiger partial charge in [0.05, 0.1) is 20.0 Å². The number of rotatable bonds is 10. The topological polar surface area (TPSA) is 86.5 Å². The molecule has 0 saturated heterocycles. The molecule has 7 nitrogen and oxygen atoms in total. The van der Waals surface area contributed by atoms with E-state index in [-0.39, 0.29) is 11.7 Å². The van der Waals surface area contributed by atoms with E-state index in [9.17, 15) is 4.79 Å². The second kappa shape index (κ2) is 10.5. The molecule has 0 radical (unpaired) electrons. The Morgan fingerprint density at radius 1 is 1.07 bits per heavy atom. The molecule has 3 aromatic rings. The number of benzene rings is 2. The predicted octanol–water partition coefficient (Wildman–Crippen LogP) is 3.59. The minimum Gasteiger partial charge on any atom is -0.493 e. The molecule has 0 saturated carbocycles. The molecule has 0 bridgehead atoms. The highest BCUT2D eigenvalue weighted by Crippen LogP contribution is 2.32. The number of hydrogen-bond donors (Lipinski definition) is 1. The Morgan fingerprint density at radius 2 is 1.86 bits per heavy atom. The molecule has 1 amide bonds. The molecule has 2 aromatic carbocycles. The van der Waals surface area contributed by atoms with Gasteiger partial charge in [-0.3, -0.25) is 4.79 Å². The highest BCUT2D eigenvalue weighted by molar-refractivity contribution is 7.99. The fourth-order valence-electron chi connectivity index (χ4n) is 2.70. The van der Waals surface area contributed by atoms with Gasteiger partial charge in [0, 0.05) is 12.1 Å². The molecule has 3 rings (SSSR count).